The van der Waals surface area contributed by atoms with Gasteiger partial charge in [-0.25, -0.2) is 0 Å². The minimum absolute atomic E-state index is 0.105. The van der Waals surface area contributed by atoms with Gasteiger partial charge in [-0.05, 0) is 48.4 Å². The van der Waals surface area contributed by atoms with E-state index in [-0.39, 0.29) is 18.4 Å². The lowest BCUT2D eigenvalue weighted by molar-refractivity contribution is -0.118. The van der Waals surface area contributed by atoms with E-state index in [0.29, 0.717) is 29.3 Å². The molecule has 1 aromatic heterocycles. The summed E-state index contributed by atoms with van der Waals surface area (Å²) in [5.41, 5.74) is 3.01. The Morgan fingerprint density at radius 1 is 1.10 bits per heavy atom. The Morgan fingerprint density at radius 2 is 1.97 bits per heavy atom. The molecule has 0 atom stereocenters. The highest BCUT2D eigenvalue weighted by Crippen LogP contribution is 2.32. The van der Waals surface area contributed by atoms with Gasteiger partial charge < -0.3 is 19.7 Å². The highest BCUT2D eigenvalue weighted by atomic mass is 16.5. The summed E-state index contributed by atoms with van der Waals surface area (Å²) in [5.74, 6) is 0.809. The van der Waals surface area contributed by atoms with Gasteiger partial charge in [0.1, 0.15) is 11.5 Å². The molecule has 0 radical (unpaired) electrons. The average molecular weight is 403 g/mol. The number of fused-ring (bicyclic) bond motifs is 1. The third kappa shape index (κ3) is 4.25. The Hall–Kier alpha value is -3.87. The number of anilines is 2. The molecule has 152 valence electrons. The summed E-state index contributed by atoms with van der Waals surface area (Å²) in [6.45, 7) is 0.460. The second kappa shape index (κ2) is 8.65. The monoisotopic (exact) mass is 403 g/mol. The van der Waals surface area contributed by atoms with Crippen LogP contribution in [0.15, 0.2) is 67.0 Å². The van der Waals surface area contributed by atoms with Crippen molar-refractivity contribution in [3.05, 3.63) is 78.1 Å². The Bertz CT molecular complexity index is 1070. The summed E-state index contributed by atoms with van der Waals surface area (Å²) in [7, 11) is 1.57. The molecule has 0 fully saturated rings. The Kier molecular flexibility index (Phi) is 5.61. The van der Waals surface area contributed by atoms with Gasteiger partial charge in [0.15, 0.2) is 6.61 Å². The summed E-state index contributed by atoms with van der Waals surface area (Å²) in [6, 6.07) is 16.1. The molecule has 1 aliphatic rings. The summed E-state index contributed by atoms with van der Waals surface area (Å²) < 4.78 is 10.7. The highest BCUT2D eigenvalue weighted by Gasteiger charge is 2.26. The molecule has 4 rings (SSSR count). The molecule has 0 saturated heterocycles. The fourth-order valence-electron chi connectivity index (χ4n) is 3.35. The van der Waals surface area contributed by atoms with Crippen LogP contribution in [0.5, 0.6) is 11.5 Å². The van der Waals surface area contributed by atoms with E-state index < -0.39 is 0 Å². The van der Waals surface area contributed by atoms with E-state index in [4.69, 9.17) is 9.47 Å². The zero-order valence-electron chi connectivity index (χ0n) is 16.5. The van der Waals surface area contributed by atoms with Gasteiger partial charge in [0.2, 0.25) is 0 Å². The second-order valence-electron chi connectivity index (χ2n) is 6.81. The molecule has 0 unspecified atom stereocenters. The van der Waals surface area contributed by atoms with Gasteiger partial charge in [0.25, 0.3) is 11.8 Å². The molecule has 2 heterocycles. The van der Waals surface area contributed by atoms with Crippen molar-refractivity contribution >= 4 is 23.2 Å². The quantitative estimate of drug-likeness (QED) is 0.683. The first-order valence-corrected chi connectivity index (χ1v) is 9.55. The summed E-state index contributed by atoms with van der Waals surface area (Å²) in [6.07, 6.45) is 3.96. The third-order valence-corrected chi connectivity index (χ3v) is 4.83. The molecular weight excluding hydrogens is 382 g/mol. The lowest BCUT2D eigenvalue weighted by atomic mass is 10.1. The first-order valence-electron chi connectivity index (χ1n) is 9.55. The normalized spacial score (nSPS) is 12.2. The van der Waals surface area contributed by atoms with Crippen LogP contribution in [0.4, 0.5) is 11.4 Å². The first-order chi connectivity index (χ1) is 14.6. The molecule has 2 aromatic carbocycles. The van der Waals surface area contributed by atoms with Crippen molar-refractivity contribution in [1.82, 2.24) is 4.98 Å². The van der Waals surface area contributed by atoms with E-state index in [1.165, 1.54) is 0 Å². The average Bonchev–Trinajstić information content (AvgIpc) is 3.21. The van der Waals surface area contributed by atoms with E-state index in [1.807, 2.05) is 18.2 Å². The van der Waals surface area contributed by atoms with Crippen LogP contribution < -0.4 is 19.7 Å². The lowest BCUT2D eigenvalue weighted by Gasteiger charge is -2.18. The van der Waals surface area contributed by atoms with Gasteiger partial charge in [-0.1, -0.05) is 12.1 Å². The van der Waals surface area contributed by atoms with Gasteiger partial charge in [-0.15, -0.1) is 0 Å². The van der Waals surface area contributed by atoms with E-state index in [1.54, 1.807) is 60.8 Å². The summed E-state index contributed by atoms with van der Waals surface area (Å²) in [4.78, 5) is 30.9. The number of carbonyl (C=O) groups is 2. The molecule has 0 saturated carbocycles. The Labute approximate surface area is 174 Å². The van der Waals surface area contributed by atoms with Crippen molar-refractivity contribution in [3.8, 4) is 11.5 Å². The smallest absolute Gasteiger partial charge is 0.262 e. The zero-order valence-corrected chi connectivity index (χ0v) is 16.5. The van der Waals surface area contributed by atoms with Crippen LogP contribution in [0, 0.1) is 0 Å². The van der Waals surface area contributed by atoms with Gasteiger partial charge in [-0.2, -0.15) is 0 Å². The van der Waals surface area contributed by atoms with Gasteiger partial charge in [-0.3, -0.25) is 14.6 Å². The molecule has 3 aromatic rings. The van der Waals surface area contributed by atoms with E-state index in [0.717, 1.165) is 17.7 Å². The van der Waals surface area contributed by atoms with Crippen LogP contribution in [-0.2, 0) is 11.2 Å². The molecule has 0 bridgehead atoms. The molecule has 2 amide bonds. The van der Waals surface area contributed by atoms with Crippen LogP contribution in [0.2, 0.25) is 0 Å². The largest absolute Gasteiger partial charge is 0.497 e. The first kappa shape index (κ1) is 19.4. The molecule has 30 heavy (non-hydrogen) atoms. The number of pyridine rings is 1. The number of benzene rings is 2. The van der Waals surface area contributed by atoms with Crippen molar-refractivity contribution in [2.24, 2.45) is 0 Å². The fourth-order valence-corrected chi connectivity index (χ4v) is 3.35. The van der Waals surface area contributed by atoms with Crippen molar-refractivity contribution in [2.75, 3.05) is 30.5 Å². The predicted molar refractivity (Wildman–Crippen MR) is 113 cm³/mol. The number of nitrogens with one attached hydrogen (secondary N) is 1. The van der Waals surface area contributed by atoms with E-state index in [2.05, 4.69) is 10.3 Å². The van der Waals surface area contributed by atoms with Gasteiger partial charge in [0, 0.05) is 36.4 Å². The van der Waals surface area contributed by atoms with Gasteiger partial charge >= 0.3 is 0 Å². The van der Waals surface area contributed by atoms with Crippen molar-refractivity contribution in [3.63, 3.8) is 0 Å². The highest BCUT2D eigenvalue weighted by molar-refractivity contribution is 6.07. The lowest BCUT2D eigenvalue weighted by Crippen LogP contribution is -2.29. The van der Waals surface area contributed by atoms with E-state index in [9.17, 15) is 9.59 Å². The third-order valence-electron chi connectivity index (χ3n) is 4.83. The fraction of sp³-hybridized carbons (Fsp3) is 0.174. The van der Waals surface area contributed by atoms with Crippen LogP contribution in [0.1, 0.15) is 15.9 Å². The number of hydrogen-bond acceptors (Lipinski definition) is 5. The number of hydrogen-bond donors (Lipinski definition) is 1. The Balaban J connectivity index is 1.42. The topological polar surface area (TPSA) is 80.8 Å². The second-order valence-corrected chi connectivity index (χ2v) is 6.81. The molecular formula is C23H21N3O4. The number of ether oxygens (including phenoxy) is 2. The standard InChI is InChI=1S/C23H21N3O4/c1-29-19-5-2-6-20(13-19)30-15-22(27)25-18-8-7-16-9-11-26(21(16)12-18)23(28)17-4-3-10-24-14-17/h2-8,10,12-14H,9,11,15H2,1H3,(H,25,27). The minimum atomic E-state index is -0.291. The molecule has 7 heteroatoms. The number of nitrogens with zero attached hydrogens (tertiary/aromatic N) is 2. The molecule has 0 spiro atoms. The minimum Gasteiger partial charge on any atom is -0.497 e. The van der Waals surface area contributed by atoms with Crippen molar-refractivity contribution < 1.29 is 19.1 Å². The SMILES string of the molecule is COc1cccc(OCC(=O)Nc2ccc3c(c2)N(C(=O)c2cccnc2)CC3)c1. The van der Waals surface area contributed by atoms with Crippen molar-refractivity contribution in [2.45, 2.75) is 6.42 Å². The Morgan fingerprint density at radius 3 is 2.77 bits per heavy atom. The molecule has 1 aliphatic heterocycles. The molecule has 0 aliphatic carbocycles. The maximum absolute atomic E-state index is 12.8. The number of carbonyl (C=O) groups excluding carboxylic acids is 2. The summed E-state index contributed by atoms with van der Waals surface area (Å²) >= 11 is 0. The zero-order chi connectivity index (χ0) is 20.9. The van der Waals surface area contributed by atoms with Gasteiger partial charge in [0.05, 0.1) is 12.7 Å². The molecule has 1 N–H and O–H groups in total. The van der Waals surface area contributed by atoms with Crippen LogP contribution in [0.25, 0.3) is 0 Å². The van der Waals surface area contributed by atoms with E-state index >= 15 is 0 Å². The number of methoxy groups -OCH3 is 1. The van der Waals surface area contributed by atoms with Crippen LogP contribution in [-0.4, -0.2) is 37.1 Å². The molecule has 7 nitrogen and oxygen atoms in total. The maximum atomic E-state index is 12.8. The van der Waals surface area contributed by atoms with Crippen LogP contribution in [0.3, 0.4) is 0 Å². The van der Waals surface area contributed by atoms with Crippen molar-refractivity contribution in [1.29, 1.82) is 0 Å². The summed E-state index contributed by atoms with van der Waals surface area (Å²) in [5, 5.41) is 2.82. The number of rotatable bonds is 6. The van der Waals surface area contributed by atoms with Crippen LogP contribution >= 0.6 is 0 Å². The predicted octanol–water partition coefficient (Wildman–Crippen LogP) is 3.31. The number of aromatic nitrogens is 1. The number of amides is 2. The maximum Gasteiger partial charge on any atom is 0.262 e.